The Morgan fingerprint density at radius 3 is 2.67 bits per heavy atom. The lowest BCUT2D eigenvalue weighted by Gasteiger charge is -2.05. The Bertz CT molecular complexity index is 145. The Morgan fingerprint density at radius 2 is 2.17 bits per heavy atom. The molecule has 0 aromatic heterocycles. The van der Waals surface area contributed by atoms with E-state index < -0.39 is 0 Å². The van der Waals surface area contributed by atoms with Crippen molar-refractivity contribution in [2.24, 2.45) is 5.92 Å². The molecule has 1 aliphatic carbocycles. The molecule has 0 amide bonds. The average molecular weight is 167 g/mol. The first kappa shape index (κ1) is 9.79. The van der Waals surface area contributed by atoms with Crippen molar-refractivity contribution in [2.75, 3.05) is 13.1 Å². The Morgan fingerprint density at radius 1 is 1.42 bits per heavy atom. The number of allylic oxidation sites excluding steroid dienone is 1. The van der Waals surface area contributed by atoms with Crippen molar-refractivity contribution in [2.45, 2.75) is 39.5 Å². The zero-order valence-electron chi connectivity index (χ0n) is 8.40. The molecule has 0 saturated heterocycles. The van der Waals surface area contributed by atoms with E-state index in [1.165, 1.54) is 25.7 Å². The number of rotatable bonds is 6. The molecule has 12 heavy (non-hydrogen) atoms. The molecule has 1 fully saturated rings. The highest BCUT2D eigenvalue weighted by atomic mass is 14.8. The zero-order valence-corrected chi connectivity index (χ0v) is 8.40. The van der Waals surface area contributed by atoms with Crippen LogP contribution in [0.4, 0.5) is 0 Å². The molecule has 0 spiro atoms. The van der Waals surface area contributed by atoms with Gasteiger partial charge in [-0.1, -0.05) is 25.5 Å². The Balaban J connectivity index is 2.15. The van der Waals surface area contributed by atoms with Gasteiger partial charge in [-0.15, -0.1) is 0 Å². The molecule has 0 aromatic carbocycles. The summed E-state index contributed by atoms with van der Waals surface area (Å²) in [5, 5.41) is 3.45. The van der Waals surface area contributed by atoms with Crippen molar-refractivity contribution in [3.8, 4) is 0 Å². The molecule has 0 atom stereocenters. The first-order valence-corrected chi connectivity index (χ1v) is 5.27. The van der Waals surface area contributed by atoms with Gasteiger partial charge in [-0.25, -0.2) is 0 Å². The first-order chi connectivity index (χ1) is 5.86. The van der Waals surface area contributed by atoms with Gasteiger partial charge in [0.05, 0.1) is 0 Å². The molecule has 1 rings (SSSR count). The standard InChI is InChI=1S/C11H21N/c1-3-7-12-9-10(4-2)8-11-5-6-11/h8,11-12H,3-7,9H2,1-2H3. The van der Waals surface area contributed by atoms with E-state index in [2.05, 4.69) is 25.2 Å². The maximum absolute atomic E-state index is 3.45. The summed E-state index contributed by atoms with van der Waals surface area (Å²) in [6.07, 6.45) is 7.78. The van der Waals surface area contributed by atoms with Crippen LogP contribution in [0.1, 0.15) is 39.5 Å². The lowest BCUT2D eigenvalue weighted by Crippen LogP contribution is -2.17. The minimum absolute atomic E-state index is 0.934. The largest absolute Gasteiger partial charge is 0.313 e. The summed E-state index contributed by atoms with van der Waals surface area (Å²) in [6, 6.07) is 0. The number of hydrogen-bond donors (Lipinski definition) is 1. The smallest absolute Gasteiger partial charge is 0.0164 e. The van der Waals surface area contributed by atoms with Crippen LogP contribution in [0.25, 0.3) is 0 Å². The summed E-state index contributed by atoms with van der Waals surface area (Å²) in [5.74, 6) is 0.934. The molecular weight excluding hydrogens is 146 g/mol. The highest BCUT2D eigenvalue weighted by Gasteiger charge is 2.18. The molecule has 0 aromatic rings. The minimum atomic E-state index is 0.934. The zero-order chi connectivity index (χ0) is 8.81. The summed E-state index contributed by atoms with van der Waals surface area (Å²) in [5.41, 5.74) is 1.60. The molecule has 1 aliphatic rings. The second kappa shape index (κ2) is 5.36. The second-order valence-electron chi connectivity index (χ2n) is 3.69. The van der Waals surface area contributed by atoms with Gasteiger partial charge in [0, 0.05) is 6.54 Å². The van der Waals surface area contributed by atoms with Crippen LogP contribution >= 0.6 is 0 Å². The third-order valence-electron chi connectivity index (χ3n) is 2.33. The maximum atomic E-state index is 3.45. The lowest BCUT2D eigenvalue weighted by molar-refractivity contribution is 0.700. The first-order valence-electron chi connectivity index (χ1n) is 5.27. The van der Waals surface area contributed by atoms with Crippen molar-refractivity contribution in [3.05, 3.63) is 11.6 Å². The SMILES string of the molecule is CCCNCC(=CC1CC1)CC. The van der Waals surface area contributed by atoms with Gasteiger partial charge in [0.2, 0.25) is 0 Å². The monoisotopic (exact) mass is 167 g/mol. The van der Waals surface area contributed by atoms with Crippen molar-refractivity contribution in [1.29, 1.82) is 0 Å². The van der Waals surface area contributed by atoms with Crippen molar-refractivity contribution in [1.82, 2.24) is 5.32 Å². The molecule has 0 unspecified atom stereocenters. The Kier molecular flexibility index (Phi) is 4.37. The molecular formula is C11H21N. The Labute approximate surface area is 76.2 Å². The van der Waals surface area contributed by atoms with Gasteiger partial charge in [0.15, 0.2) is 0 Å². The topological polar surface area (TPSA) is 12.0 Å². The second-order valence-corrected chi connectivity index (χ2v) is 3.69. The van der Waals surface area contributed by atoms with E-state index in [0.29, 0.717) is 0 Å². The predicted molar refractivity (Wildman–Crippen MR) is 54.3 cm³/mol. The molecule has 1 saturated carbocycles. The molecule has 0 aliphatic heterocycles. The minimum Gasteiger partial charge on any atom is -0.313 e. The van der Waals surface area contributed by atoms with E-state index in [1.54, 1.807) is 5.57 Å². The molecule has 0 heterocycles. The summed E-state index contributed by atoms with van der Waals surface area (Å²) in [6.45, 7) is 6.73. The van der Waals surface area contributed by atoms with E-state index >= 15 is 0 Å². The van der Waals surface area contributed by atoms with Gasteiger partial charge in [-0.3, -0.25) is 0 Å². The van der Waals surface area contributed by atoms with Gasteiger partial charge >= 0.3 is 0 Å². The molecule has 1 heteroatoms. The van der Waals surface area contributed by atoms with E-state index in [9.17, 15) is 0 Å². The van der Waals surface area contributed by atoms with E-state index in [4.69, 9.17) is 0 Å². The summed E-state index contributed by atoms with van der Waals surface area (Å²) in [7, 11) is 0. The third kappa shape index (κ3) is 3.91. The van der Waals surface area contributed by atoms with Crippen LogP contribution in [0.5, 0.6) is 0 Å². The summed E-state index contributed by atoms with van der Waals surface area (Å²) in [4.78, 5) is 0. The van der Waals surface area contributed by atoms with Crippen LogP contribution in [0.3, 0.4) is 0 Å². The average Bonchev–Trinajstić information content (AvgIpc) is 2.87. The normalized spacial score (nSPS) is 18.3. The molecule has 0 bridgehead atoms. The highest BCUT2D eigenvalue weighted by molar-refractivity contribution is 5.09. The highest BCUT2D eigenvalue weighted by Crippen LogP contribution is 2.31. The third-order valence-corrected chi connectivity index (χ3v) is 2.33. The number of hydrogen-bond acceptors (Lipinski definition) is 1. The number of nitrogens with one attached hydrogen (secondary N) is 1. The van der Waals surface area contributed by atoms with Gasteiger partial charge in [-0.05, 0) is 38.1 Å². The van der Waals surface area contributed by atoms with Gasteiger partial charge in [0.1, 0.15) is 0 Å². The van der Waals surface area contributed by atoms with E-state index in [0.717, 1.165) is 19.0 Å². The molecule has 70 valence electrons. The Hall–Kier alpha value is -0.300. The fourth-order valence-electron chi connectivity index (χ4n) is 1.32. The van der Waals surface area contributed by atoms with Crippen LogP contribution in [0.2, 0.25) is 0 Å². The predicted octanol–water partition coefficient (Wildman–Crippen LogP) is 2.73. The van der Waals surface area contributed by atoms with Crippen LogP contribution in [0, 0.1) is 5.92 Å². The molecule has 1 nitrogen and oxygen atoms in total. The fourth-order valence-corrected chi connectivity index (χ4v) is 1.32. The van der Waals surface area contributed by atoms with Crippen molar-refractivity contribution < 1.29 is 0 Å². The van der Waals surface area contributed by atoms with Crippen LogP contribution < -0.4 is 5.32 Å². The van der Waals surface area contributed by atoms with Crippen molar-refractivity contribution in [3.63, 3.8) is 0 Å². The van der Waals surface area contributed by atoms with Crippen LogP contribution in [0.15, 0.2) is 11.6 Å². The lowest BCUT2D eigenvalue weighted by atomic mass is 10.1. The molecule has 1 N–H and O–H groups in total. The summed E-state index contributed by atoms with van der Waals surface area (Å²) >= 11 is 0. The van der Waals surface area contributed by atoms with Gasteiger partial charge in [0.25, 0.3) is 0 Å². The van der Waals surface area contributed by atoms with E-state index in [-0.39, 0.29) is 0 Å². The maximum Gasteiger partial charge on any atom is 0.0164 e. The van der Waals surface area contributed by atoms with Crippen molar-refractivity contribution >= 4 is 0 Å². The van der Waals surface area contributed by atoms with Gasteiger partial charge < -0.3 is 5.32 Å². The van der Waals surface area contributed by atoms with E-state index in [1.807, 2.05) is 0 Å². The van der Waals surface area contributed by atoms with Crippen LogP contribution in [-0.4, -0.2) is 13.1 Å². The summed E-state index contributed by atoms with van der Waals surface area (Å²) < 4.78 is 0. The van der Waals surface area contributed by atoms with Crippen LogP contribution in [-0.2, 0) is 0 Å². The quantitative estimate of drug-likeness (QED) is 0.474. The van der Waals surface area contributed by atoms with Gasteiger partial charge in [-0.2, -0.15) is 0 Å². The molecule has 0 radical (unpaired) electrons. The fraction of sp³-hybridized carbons (Fsp3) is 0.818.